The minimum absolute atomic E-state index is 0.620. The summed E-state index contributed by atoms with van der Waals surface area (Å²) in [6, 6.07) is 2.18. The molecule has 2 heterocycles. The summed E-state index contributed by atoms with van der Waals surface area (Å²) in [4.78, 5) is 7.11. The SMILES string of the molecule is CN1CCCC(c2csc(CCCC#N)n2)C1. The van der Waals surface area contributed by atoms with E-state index in [0.717, 1.165) is 19.4 Å². The molecule has 3 nitrogen and oxygen atoms in total. The number of rotatable bonds is 4. The molecule has 0 saturated carbocycles. The number of nitriles is 1. The second kappa shape index (κ2) is 6.13. The third-order valence-electron chi connectivity index (χ3n) is 3.29. The molecule has 0 amide bonds. The van der Waals surface area contributed by atoms with E-state index in [9.17, 15) is 0 Å². The molecule has 0 N–H and O–H groups in total. The standard InChI is InChI=1S/C13H19N3S/c1-16-8-4-5-11(9-16)12-10-17-13(15-12)6-2-3-7-14/h10-11H,2-6,8-9H2,1H3. The highest BCUT2D eigenvalue weighted by molar-refractivity contribution is 7.09. The van der Waals surface area contributed by atoms with Crippen molar-refractivity contribution in [3.8, 4) is 6.07 Å². The van der Waals surface area contributed by atoms with Crippen LogP contribution in [0.4, 0.5) is 0 Å². The van der Waals surface area contributed by atoms with E-state index < -0.39 is 0 Å². The van der Waals surface area contributed by atoms with Crippen molar-refractivity contribution in [1.82, 2.24) is 9.88 Å². The van der Waals surface area contributed by atoms with Crippen LogP contribution in [0.2, 0.25) is 0 Å². The fourth-order valence-electron chi connectivity index (χ4n) is 2.35. The Bertz CT molecular complexity index is 394. The van der Waals surface area contributed by atoms with Crippen LogP contribution in [0, 0.1) is 11.3 Å². The number of unbranched alkanes of at least 4 members (excludes halogenated alkanes) is 1. The molecular weight excluding hydrogens is 230 g/mol. The van der Waals surface area contributed by atoms with Crippen molar-refractivity contribution >= 4 is 11.3 Å². The van der Waals surface area contributed by atoms with Gasteiger partial charge in [0.15, 0.2) is 0 Å². The summed E-state index contributed by atoms with van der Waals surface area (Å²) in [5.74, 6) is 0.620. The van der Waals surface area contributed by atoms with Crippen LogP contribution >= 0.6 is 11.3 Å². The van der Waals surface area contributed by atoms with E-state index in [1.165, 1.54) is 30.1 Å². The van der Waals surface area contributed by atoms with Gasteiger partial charge < -0.3 is 4.90 Å². The van der Waals surface area contributed by atoms with Gasteiger partial charge in [0.05, 0.1) is 16.8 Å². The van der Waals surface area contributed by atoms with E-state index in [1.54, 1.807) is 11.3 Å². The molecule has 1 atom stereocenters. The molecule has 92 valence electrons. The number of piperidine rings is 1. The van der Waals surface area contributed by atoms with Crippen LogP contribution in [-0.4, -0.2) is 30.0 Å². The number of aryl methyl sites for hydroxylation is 1. The fraction of sp³-hybridized carbons (Fsp3) is 0.692. The summed E-state index contributed by atoms with van der Waals surface area (Å²) in [5.41, 5.74) is 1.27. The van der Waals surface area contributed by atoms with Gasteiger partial charge in [-0.3, -0.25) is 0 Å². The molecule has 0 radical (unpaired) electrons. The van der Waals surface area contributed by atoms with Gasteiger partial charge in [-0.05, 0) is 32.9 Å². The predicted molar refractivity (Wildman–Crippen MR) is 70.1 cm³/mol. The summed E-state index contributed by atoms with van der Waals surface area (Å²) in [6.07, 6.45) is 5.09. The average molecular weight is 249 g/mol. The molecule has 0 aromatic carbocycles. The number of likely N-dealkylation sites (N-methyl/N-ethyl adjacent to an activating group) is 1. The van der Waals surface area contributed by atoms with Gasteiger partial charge in [0, 0.05) is 30.7 Å². The van der Waals surface area contributed by atoms with Gasteiger partial charge in [-0.2, -0.15) is 5.26 Å². The molecule has 1 fully saturated rings. The summed E-state index contributed by atoms with van der Waals surface area (Å²) < 4.78 is 0. The maximum absolute atomic E-state index is 8.51. The van der Waals surface area contributed by atoms with Crippen LogP contribution in [-0.2, 0) is 6.42 Å². The van der Waals surface area contributed by atoms with Crippen LogP contribution < -0.4 is 0 Å². The van der Waals surface area contributed by atoms with Crippen molar-refractivity contribution in [2.45, 2.75) is 38.0 Å². The Morgan fingerprint density at radius 3 is 3.29 bits per heavy atom. The largest absolute Gasteiger partial charge is 0.306 e. The number of likely N-dealkylation sites (tertiary alicyclic amines) is 1. The summed E-state index contributed by atoms with van der Waals surface area (Å²) >= 11 is 1.76. The van der Waals surface area contributed by atoms with E-state index >= 15 is 0 Å². The van der Waals surface area contributed by atoms with Gasteiger partial charge in [-0.25, -0.2) is 4.98 Å². The summed E-state index contributed by atoms with van der Waals surface area (Å²) in [6.45, 7) is 2.36. The Labute approximate surface area is 107 Å². The normalized spacial score (nSPS) is 21.3. The maximum atomic E-state index is 8.51. The lowest BCUT2D eigenvalue weighted by molar-refractivity contribution is 0.249. The molecule has 1 saturated heterocycles. The Hall–Kier alpha value is -0.920. The second-order valence-electron chi connectivity index (χ2n) is 4.78. The van der Waals surface area contributed by atoms with E-state index in [-0.39, 0.29) is 0 Å². The first-order valence-corrected chi connectivity index (χ1v) is 7.17. The summed E-state index contributed by atoms with van der Waals surface area (Å²) in [7, 11) is 2.19. The molecule has 4 heteroatoms. The zero-order chi connectivity index (χ0) is 12.1. The van der Waals surface area contributed by atoms with Crippen molar-refractivity contribution in [2.75, 3.05) is 20.1 Å². The van der Waals surface area contributed by atoms with E-state index in [4.69, 9.17) is 10.2 Å². The molecule has 0 aliphatic carbocycles. The number of thiazole rings is 1. The van der Waals surface area contributed by atoms with E-state index in [0.29, 0.717) is 12.3 Å². The smallest absolute Gasteiger partial charge is 0.0928 e. The molecule has 0 bridgehead atoms. The van der Waals surface area contributed by atoms with Gasteiger partial charge >= 0.3 is 0 Å². The Morgan fingerprint density at radius 2 is 2.53 bits per heavy atom. The lowest BCUT2D eigenvalue weighted by Gasteiger charge is -2.28. The highest BCUT2D eigenvalue weighted by atomic mass is 32.1. The van der Waals surface area contributed by atoms with Gasteiger partial charge in [0.2, 0.25) is 0 Å². The molecule has 1 unspecified atom stereocenters. The van der Waals surface area contributed by atoms with Crippen LogP contribution in [0.1, 0.15) is 42.3 Å². The minimum atomic E-state index is 0.620. The molecule has 1 aliphatic rings. The Balaban J connectivity index is 1.91. The molecule has 17 heavy (non-hydrogen) atoms. The third kappa shape index (κ3) is 3.52. The first-order valence-electron chi connectivity index (χ1n) is 6.29. The number of nitrogens with zero attached hydrogens (tertiary/aromatic N) is 3. The second-order valence-corrected chi connectivity index (χ2v) is 5.72. The lowest BCUT2D eigenvalue weighted by Crippen LogP contribution is -2.30. The van der Waals surface area contributed by atoms with Crippen molar-refractivity contribution in [3.63, 3.8) is 0 Å². The van der Waals surface area contributed by atoms with Gasteiger partial charge in [0.25, 0.3) is 0 Å². The predicted octanol–water partition coefficient (Wildman–Crippen LogP) is 2.80. The van der Waals surface area contributed by atoms with Crippen molar-refractivity contribution < 1.29 is 0 Å². The molecule has 1 aromatic heterocycles. The van der Waals surface area contributed by atoms with Crippen LogP contribution in [0.15, 0.2) is 5.38 Å². The van der Waals surface area contributed by atoms with Crippen LogP contribution in [0.3, 0.4) is 0 Å². The first-order chi connectivity index (χ1) is 8.29. The Kier molecular flexibility index (Phi) is 4.52. The monoisotopic (exact) mass is 249 g/mol. The number of hydrogen-bond donors (Lipinski definition) is 0. The maximum Gasteiger partial charge on any atom is 0.0928 e. The van der Waals surface area contributed by atoms with Gasteiger partial charge in [-0.1, -0.05) is 0 Å². The average Bonchev–Trinajstić information content (AvgIpc) is 2.78. The molecular formula is C13H19N3S. The van der Waals surface area contributed by atoms with E-state index in [2.05, 4.69) is 23.4 Å². The Morgan fingerprint density at radius 1 is 1.65 bits per heavy atom. The van der Waals surface area contributed by atoms with Crippen molar-refractivity contribution in [3.05, 3.63) is 16.1 Å². The summed E-state index contributed by atoms with van der Waals surface area (Å²) in [5, 5.41) is 11.9. The molecule has 2 rings (SSSR count). The highest BCUT2D eigenvalue weighted by Gasteiger charge is 2.20. The number of hydrogen-bond acceptors (Lipinski definition) is 4. The fourth-order valence-corrected chi connectivity index (χ4v) is 3.28. The van der Waals surface area contributed by atoms with Crippen LogP contribution in [0.25, 0.3) is 0 Å². The van der Waals surface area contributed by atoms with Gasteiger partial charge in [-0.15, -0.1) is 11.3 Å². The van der Waals surface area contributed by atoms with Gasteiger partial charge in [0.1, 0.15) is 0 Å². The van der Waals surface area contributed by atoms with E-state index in [1.807, 2.05) is 0 Å². The number of aromatic nitrogens is 1. The first kappa shape index (κ1) is 12.5. The quantitative estimate of drug-likeness (QED) is 0.770. The highest BCUT2D eigenvalue weighted by Crippen LogP contribution is 2.27. The topological polar surface area (TPSA) is 39.9 Å². The third-order valence-corrected chi connectivity index (χ3v) is 4.22. The molecule has 1 aliphatic heterocycles. The molecule has 0 spiro atoms. The molecule has 1 aromatic rings. The van der Waals surface area contributed by atoms with Crippen molar-refractivity contribution in [1.29, 1.82) is 5.26 Å². The lowest BCUT2D eigenvalue weighted by atomic mass is 9.96. The zero-order valence-corrected chi connectivity index (χ0v) is 11.2. The minimum Gasteiger partial charge on any atom is -0.306 e. The van der Waals surface area contributed by atoms with Crippen molar-refractivity contribution in [2.24, 2.45) is 0 Å². The van der Waals surface area contributed by atoms with Crippen LogP contribution in [0.5, 0.6) is 0 Å². The zero-order valence-electron chi connectivity index (χ0n) is 10.4.